The van der Waals surface area contributed by atoms with Gasteiger partial charge in [-0.15, -0.1) is 12.4 Å². The van der Waals surface area contributed by atoms with Crippen molar-refractivity contribution in [2.45, 2.75) is 72.1 Å². The fraction of sp³-hybridized carbons (Fsp3) is 0.800. The average Bonchev–Trinajstić information content (AvgIpc) is 3.05. The third kappa shape index (κ3) is 5.33. The summed E-state index contributed by atoms with van der Waals surface area (Å²) in [4.78, 5) is 29.7. The van der Waals surface area contributed by atoms with E-state index in [0.29, 0.717) is 31.6 Å². The number of amides is 2. The van der Waals surface area contributed by atoms with Crippen molar-refractivity contribution in [2.75, 3.05) is 19.3 Å². The molecule has 0 unspecified atom stereocenters. The monoisotopic (exact) mass is 449 g/mol. The van der Waals surface area contributed by atoms with E-state index in [1.54, 1.807) is 11.0 Å². The topological polar surface area (TPSA) is 78.0 Å². The number of likely N-dealkylation sites (tertiary alicyclic amines) is 1. The molecule has 2 aliphatic heterocycles. The molecule has 2 fully saturated rings. The maximum Gasteiger partial charge on any atom is 0.246 e. The van der Waals surface area contributed by atoms with Gasteiger partial charge in [-0.2, -0.15) is 0 Å². The van der Waals surface area contributed by atoms with Crippen molar-refractivity contribution in [3.63, 3.8) is 0 Å². The Morgan fingerprint density at radius 2 is 1.72 bits per heavy atom. The molecule has 2 amide bonds. The van der Waals surface area contributed by atoms with E-state index < -0.39 is 22.0 Å². The summed E-state index contributed by atoms with van der Waals surface area (Å²) >= 11 is 0. The van der Waals surface area contributed by atoms with Crippen LogP contribution in [0.25, 0.3) is 0 Å². The van der Waals surface area contributed by atoms with E-state index in [4.69, 9.17) is 0 Å². The van der Waals surface area contributed by atoms with Gasteiger partial charge in [0.1, 0.15) is 0 Å². The smallest absolute Gasteiger partial charge is 0.246 e. The molecule has 0 N–H and O–H groups in total. The van der Waals surface area contributed by atoms with Gasteiger partial charge in [0.15, 0.2) is 0 Å². The molecule has 2 rings (SSSR count). The highest BCUT2D eigenvalue weighted by atomic mass is 35.5. The van der Waals surface area contributed by atoms with Crippen LogP contribution in [-0.4, -0.2) is 77.8 Å². The minimum atomic E-state index is -3.65. The summed E-state index contributed by atoms with van der Waals surface area (Å²) in [5, 5.41) is 0. The maximum absolute atomic E-state index is 12.9. The van der Waals surface area contributed by atoms with Crippen LogP contribution >= 0.6 is 12.4 Å². The first-order valence-electron chi connectivity index (χ1n) is 10.1. The number of hydrogen-bond acceptors (Lipinski definition) is 5. The fourth-order valence-electron chi connectivity index (χ4n) is 4.68. The molecular formula is C20H36ClN3O4S. The summed E-state index contributed by atoms with van der Waals surface area (Å²) in [6, 6.07) is -0.0882. The fourth-order valence-corrected chi connectivity index (χ4v) is 5.85. The lowest BCUT2D eigenvalue weighted by Gasteiger charge is -2.30. The summed E-state index contributed by atoms with van der Waals surface area (Å²) < 4.78 is 25.4. The average molecular weight is 450 g/mol. The number of fused-ring (bicyclic) bond motifs is 1. The molecule has 29 heavy (non-hydrogen) atoms. The maximum atomic E-state index is 12.9. The molecule has 0 saturated carbocycles. The third-order valence-electron chi connectivity index (χ3n) is 5.85. The van der Waals surface area contributed by atoms with E-state index in [2.05, 4.69) is 32.6 Å². The van der Waals surface area contributed by atoms with Gasteiger partial charge >= 0.3 is 0 Å². The second-order valence-electron chi connectivity index (χ2n) is 8.83. The Labute approximate surface area is 181 Å². The molecule has 7 nitrogen and oxygen atoms in total. The number of halogens is 1. The first-order chi connectivity index (χ1) is 12.9. The van der Waals surface area contributed by atoms with Crippen molar-refractivity contribution in [3.05, 3.63) is 12.2 Å². The van der Waals surface area contributed by atoms with Crippen LogP contribution in [0.15, 0.2) is 12.2 Å². The standard InChI is InChI=1S/C20H35N3O4S.ClH/c1-13(2)18-19-16(23(20(18)25)28(7,26)27)10-12-22(19)17(24)9-8-11-21(14(3)4)15(5)6;/h8-9,13-16,18-19H,10-12H2,1-7H3;1H/b9-8+;/t16-,18+,19-;/m0./s1. The molecular weight excluding hydrogens is 414 g/mol. The summed E-state index contributed by atoms with van der Waals surface area (Å²) in [6.07, 6.45) is 5.01. The predicted molar refractivity (Wildman–Crippen MR) is 117 cm³/mol. The first kappa shape index (κ1) is 25.9. The molecule has 0 aromatic heterocycles. The van der Waals surface area contributed by atoms with Gasteiger partial charge in [0, 0.05) is 31.2 Å². The Bertz CT molecular complexity index is 728. The largest absolute Gasteiger partial charge is 0.333 e. The highest BCUT2D eigenvalue weighted by Crippen LogP contribution is 2.41. The molecule has 0 radical (unpaired) electrons. The van der Waals surface area contributed by atoms with Crippen LogP contribution in [-0.2, 0) is 19.6 Å². The Hall–Kier alpha value is -1.12. The van der Waals surface area contributed by atoms with Gasteiger partial charge in [0.25, 0.3) is 0 Å². The Balaban J connectivity index is 0.00000420. The van der Waals surface area contributed by atoms with Crippen molar-refractivity contribution < 1.29 is 18.0 Å². The molecule has 2 heterocycles. The lowest BCUT2D eigenvalue weighted by atomic mass is 9.88. The summed E-state index contributed by atoms with van der Waals surface area (Å²) in [5.74, 6) is -1.04. The van der Waals surface area contributed by atoms with E-state index >= 15 is 0 Å². The van der Waals surface area contributed by atoms with Crippen LogP contribution in [0.5, 0.6) is 0 Å². The molecule has 0 aromatic rings. The predicted octanol–water partition coefficient (Wildman–Crippen LogP) is 2.13. The van der Waals surface area contributed by atoms with Gasteiger partial charge < -0.3 is 4.90 Å². The molecule has 168 valence electrons. The second-order valence-corrected chi connectivity index (χ2v) is 10.7. The van der Waals surface area contributed by atoms with E-state index in [1.807, 2.05) is 19.9 Å². The lowest BCUT2D eigenvalue weighted by Crippen LogP contribution is -2.43. The van der Waals surface area contributed by atoms with Crippen LogP contribution in [0, 0.1) is 11.8 Å². The number of carbonyl (C=O) groups excluding carboxylic acids is 2. The third-order valence-corrected chi connectivity index (χ3v) is 7.02. The van der Waals surface area contributed by atoms with Crippen molar-refractivity contribution in [1.82, 2.24) is 14.1 Å². The zero-order valence-electron chi connectivity index (χ0n) is 18.5. The van der Waals surface area contributed by atoms with Crippen molar-refractivity contribution in [3.8, 4) is 0 Å². The van der Waals surface area contributed by atoms with Crippen LogP contribution in [0.3, 0.4) is 0 Å². The zero-order chi connectivity index (χ0) is 21.4. The highest BCUT2D eigenvalue weighted by Gasteiger charge is 2.58. The van der Waals surface area contributed by atoms with E-state index in [-0.39, 0.29) is 36.2 Å². The molecule has 0 aliphatic carbocycles. The van der Waals surface area contributed by atoms with Crippen molar-refractivity contribution >= 4 is 34.2 Å². The van der Waals surface area contributed by atoms with Crippen LogP contribution < -0.4 is 0 Å². The number of rotatable bonds is 7. The number of sulfonamides is 1. The summed E-state index contributed by atoms with van der Waals surface area (Å²) in [5.41, 5.74) is 0. The molecule has 2 saturated heterocycles. The highest BCUT2D eigenvalue weighted by molar-refractivity contribution is 7.88. The SMILES string of the molecule is CC(C)[C@H]1C(=O)N(S(C)(=O)=O)[C@H]2CCN(C(=O)/C=C/CN(C(C)C)C(C)C)[C@H]12.Cl. The molecule has 2 aliphatic rings. The van der Waals surface area contributed by atoms with E-state index in [9.17, 15) is 18.0 Å². The van der Waals surface area contributed by atoms with Crippen LogP contribution in [0.4, 0.5) is 0 Å². The Kier molecular flexibility index (Phi) is 8.75. The number of nitrogens with zero attached hydrogens (tertiary/aromatic N) is 3. The molecule has 9 heteroatoms. The van der Waals surface area contributed by atoms with Gasteiger partial charge in [-0.25, -0.2) is 12.7 Å². The Morgan fingerprint density at radius 3 is 2.17 bits per heavy atom. The summed E-state index contributed by atoms with van der Waals surface area (Å²) in [6.45, 7) is 13.5. The normalized spacial score (nSPS) is 25.1. The van der Waals surface area contributed by atoms with Crippen molar-refractivity contribution in [1.29, 1.82) is 0 Å². The van der Waals surface area contributed by atoms with Gasteiger partial charge in [-0.05, 0) is 40.0 Å². The van der Waals surface area contributed by atoms with Gasteiger partial charge in [-0.1, -0.05) is 19.9 Å². The first-order valence-corrected chi connectivity index (χ1v) is 12.0. The Morgan fingerprint density at radius 1 is 1.17 bits per heavy atom. The quantitative estimate of drug-likeness (QED) is 0.556. The minimum Gasteiger partial charge on any atom is -0.333 e. The van der Waals surface area contributed by atoms with Gasteiger partial charge in [0.05, 0.1) is 24.3 Å². The lowest BCUT2D eigenvalue weighted by molar-refractivity contribution is -0.131. The van der Waals surface area contributed by atoms with Crippen molar-refractivity contribution in [2.24, 2.45) is 11.8 Å². The van der Waals surface area contributed by atoms with Gasteiger partial charge in [-0.3, -0.25) is 14.5 Å². The summed E-state index contributed by atoms with van der Waals surface area (Å²) in [7, 11) is -3.65. The zero-order valence-corrected chi connectivity index (χ0v) is 20.2. The van der Waals surface area contributed by atoms with E-state index in [0.717, 1.165) is 10.6 Å². The molecule has 0 aromatic carbocycles. The van der Waals surface area contributed by atoms with Crippen LogP contribution in [0.1, 0.15) is 48.0 Å². The minimum absolute atomic E-state index is 0. The number of hydrogen-bond donors (Lipinski definition) is 0. The van der Waals surface area contributed by atoms with E-state index in [1.165, 1.54) is 0 Å². The van der Waals surface area contributed by atoms with Crippen LogP contribution in [0.2, 0.25) is 0 Å². The second kappa shape index (κ2) is 9.79. The molecule has 0 spiro atoms. The number of carbonyl (C=O) groups is 2. The molecule has 3 atom stereocenters. The van der Waals surface area contributed by atoms with Gasteiger partial charge in [0.2, 0.25) is 21.8 Å². The molecule has 0 bridgehead atoms.